The van der Waals surface area contributed by atoms with Crippen molar-refractivity contribution < 1.29 is 8.42 Å². The van der Waals surface area contributed by atoms with E-state index in [1.807, 2.05) is 31.3 Å². The molecule has 5 heteroatoms. The highest BCUT2D eigenvalue weighted by atomic mass is 32.2. The van der Waals surface area contributed by atoms with E-state index in [9.17, 15) is 8.42 Å². The Hall–Kier alpha value is -1.07. The molecule has 100 valence electrons. The van der Waals surface area contributed by atoms with Gasteiger partial charge in [-0.05, 0) is 44.5 Å². The van der Waals surface area contributed by atoms with E-state index >= 15 is 0 Å². The van der Waals surface area contributed by atoms with E-state index in [1.165, 1.54) is 0 Å². The van der Waals surface area contributed by atoms with Gasteiger partial charge in [-0.15, -0.1) is 0 Å². The molecule has 0 aliphatic carbocycles. The molecule has 0 amide bonds. The summed E-state index contributed by atoms with van der Waals surface area (Å²) in [4.78, 5) is 0. The zero-order valence-corrected chi connectivity index (χ0v) is 11.5. The second kappa shape index (κ2) is 5.71. The van der Waals surface area contributed by atoms with Crippen molar-refractivity contribution in [2.75, 3.05) is 30.2 Å². The van der Waals surface area contributed by atoms with Crippen LogP contribution in [0.25, 0.3) is 0 Å². The third-order valence-corrected chi connectivity index (χ3v) is 5.09. The molecule has 0 saturated carbocycles. The number of nitrogens with one attached hydrogen (secondary N) is 1. The van der Waals surface area contributed by atoms with Crippen molar-refractivity contribution in [2.45, 2.75) is 19.3 Å². The topological polar surface area (TPSA) is 49.4 Å². The van der Waals surface area contributed by atoms with E-state index in [1.54, 1.807) is 4.31 Å². The van der Waals surface area contributed by atoms with Gasteiger partial charge < -0.3 is 5.32 Å². The summed E-state index contributed by atoms with van der Waals surface area (Å²) in [6, 6.07) is 7.80. The summed E-state index contributed by atoms with van der Waals surface area (Å²) in [6.45, 7) is 1.34. The van der Waals surface area contributed by atoms with Gasteiger partial charge in [-0.2, -0.15) is 0 Å². The van der Waals surface area contributed by atoms with Crippen LogP contribution in [0.1, 0.15) is 18.4 Å². The van der Waals surface area contributed by atoms with Crippen LogP contribution in [0, 0.1) is 0 Å². The molecular weight excluding hydrogens is 248 g/mol. The molecule has 2 rings (SSSR count). The Bertz CT molecular complexity index is 499. The van der Waals surface area contributed by atoms with Crippen molar-refractivity contribution in [1.82, 2.24) is 5.32 Å². The Morgan fingerprint density at radius 2 is 2.11 bits per heavy atom. The third kappa shape index (κ3) is 2.84. The highest BCUT2D eigenvalue weighted by molar-refractivity contribution is 7.92. The second-order valence-electron chi connectivity index (χ2n) is 4.58. The molecule has 1 N–H and O–H groups in total. The third-order valence-electron chi connectivity index (χ3n) is 3.23. The van der Waals surface area contributed by atoms with Crippen LogP contribution in [0.2, 0.25) is 0 Å². The fourth-order valence-electron chi connectivity index (χ4n) is 2.33. The number of benzene rings is 1. The van der Waals surface area contributed by atoms with Gasteiger partial charge in [0.2, 0.25) is 10.0 Å². The molecule has 4 nitrogen and oxygen atoms in total. The number of para-hydroxylation sites is 1. The first-order valence-electron chi connectivity index (χ1n) is 6.38. The predicted octanol–water partition coefficient (Wildman–Crippen LogP) is 1.38. The quantitative estimate of drug-likeness (QED) is 0.821. The highest BCUT2D eigenvalue weighted by Crippen LogP contribution is 2.29. The van der Waals surface area contributed by atoms with E-state index in [2.05, 4.69) is 5.32 Å². The summed E-state index contributed by atoms with van der Waals surface area (Å²) in [5.41, 5.74) is 2.01. The van der Waals surface area contributed by atoms with Gasteiger partial charge in [0.05, 0.1) is 11.4 Å². The first-order valence-corrected chi connectivity index (χ1v) is 7.99. The minimum atomic E-state index is -3.18. The SMILES string of the molecule is CNCCCS(=O)(=O)N1CCCc2ccccc21. The number of sulfonamides is 1. The summed E-state index contributed by atoms with van der Waals surface area (Å²) in [6.07, 6.45) is 2.53. The molecule has 0 unspecified atom stereocenters. The molecule has 0 spiro atoms. The molecular formula is C13H20N2O2S. The van der Waals surface area contributed by atoms with Gasteiger partial charge in [0.15, 0.2) is 0 Å². The maximum absolute atomic E-state index is 12.3. The summed E-state index contributed by atoms with van der Waals surface area (Å²) in [7, 11) is -1.34. The number of nitrogens with zero attached hydrogens (tertiary/aromatic N) is 1. The summed E-state index contributed by atoms with van der Waals surface area (Å²) in [5.74, 6) is 0.210. The monoisotopic (exact) mass is 268 g/mol. The lowest BCUT2D eigenvalue weighted by Crippen LogP contribution is -2.37. The number of fused-ring (bicyclic) bond motifs is 1. The van der Waals surface area contributed by atoms with Crippen molar-refractivity contribution >= 4 is 15.7 Å². The van der Waals surface area contributed by atoms with E-state index in [0.29, 0.717) is 13.0 Å². The molecule has 1 aliphatic rings. The maximum Gasteiger partial charge on any atom is 0.235 e. The van der Waals surface area contributed by atoms with Crippen LogP contribution in [0.3, 0.4) is 0 Å². The van der Waals surface area contributed by atoms with Crippen molar-refractivity contribution in [3.63, 3.8) is 0 Å². The number of hydrogen-bond donors (Lipinski definition) is 1. The lowest BCUT2D eigenvalue weighted by Gasteiger charge is -2.30. The fraction of sp³-hybridized carbons (Fsp3) is 0.538. The number of rotatable bonds is 5. The Morgan fingerprint density at radius 1 is 1.33 bits per heavy atom. The predicted molar refractivity (Wildman–Crippen MR) is 74.4 cm³/mol. The van der Waals surface area contributed by atoms with Crippen molar-refractivity contribution in [3.05, 3.63) is 29.8 Å². The summed E-state index contributed by atoms with van der Waals surface area (Å²) < 4.78 is 26.2. The molecule has 0 atom stereocenters. The Balaban J connectivity index is 2.19. The average Bonchev–Trinajstić information content (AvgIpc) is 2.38. The lowest BCUT2D eigenvalue weighted by atomic mass is 10.0. The Kier molecular flexibility index (Phi) is 4.24. The average molecular weight is 268 g/mol. The molecule has 0 radical (unpaired) electrons. The first-order chi connectivity index (χ1) is 8.65. The van der Waals surface area contributed by atoms with Crippen molar-refractivity contribution in [1.29, 1.82) is 0 Å². The molecule has 1 aromatic carbocycles. The molecule has 1 aromatic rings. The highest BCUT2D eigenvalue weighted by Gasteiger charge is 2.26. The van der Waals surface area contributed by atoms with Crippen LogP contribution < -0.4 is 9.62 Å². The molecule has 0 saturated heterocycles. The van der Waals surface area contributed by atoms with Crippen LogP contribution in [0.5, 0.6) is 0 Å². The molecule has 0 fully saturated rings. The van der Waals surface area contributed by atoms with Crippen LogP contribution in [0.15, 0.2) is 24.3 Å². The van der Waals surface area contributed by atoms with Gasteiger partial charge in [-0.3, -0.25) is 4.31 Å². The smallest absolute Gasteiger partial charge is 0.235 e. The molecule has 1 heterocycles. The summed E-state index contributed by atoms with van der Waals surface area (Å²) >= 11 is 0. The van der Waals surface area contributed by atoms with E-state index < -0.39 is 10.0 Å². The van der Waals surface area contributed by atoms with E-state index in [0.717, 1.165) is 30.6 Å². The van der Waals surface area contributed by atoms with Crippen LogP contribution in [0.4, 0.5) is 5.69 Å². The minimum Gasteiger partial charge on any atom is -0.320 e. The molecule has 0 aromatic heterocycles. The molecule has 0 bridgehead atoms. The Morgan fingerprint density at radius 3 is 2.89 bits per heavy atom. The van der Waals surface area contributed by atoms with E-state index in [-0.39, 0.29) is 5.75 Å². The van der Waals surface area contributed by atoms with Gasteiger partial charge >= 0.3 is 0 Å². The summed E-state index contributed by atoms with van der Waals surface area (Å²) in [5, 5.41) is 2.98. The number of aryl methyl sites for hydroxylation is 1. The minimum absolute atomic E-state index is 0.210. The van der Waals surface area contributed by atoms with Gasteiger partial charge in [0, 0.05) is 6.54 Å². The molecule has 1 aliphatic heterocycles. The normalized spacial score (nSPS) is 15.5. The van der Waals surface area contributed by atoms with Gasteiger partial charge in [-0.1, -0.05) is 18.2 Å². The first kappa shape index (κ1) is 13.4. The van der Waals surface area contributed by atoms with Crippen LogP contribution >= 0.6 is 0 Å². The zero-order valence-electron chi connectivity index (χ0n) is 10.7. The number of anilines is 1. The largest absolute Gasteiger partial charge is 0.320 e. The van der Waals surface area contributed by atoms with Gasteiger partial charge in [-0.25, -0.2) is 8.42 Å². The number of hydrogen-bond acceptors (Lipinski definition) is 3. The van der Waals surface area contributed by atoms with Crippen LogP contribution in [-0.2, 0) is 16.4 Å². The van der Waals surface area contributed by atoms with Crippen LogP contribution in [-0.4, -0.2) is 34.3 Å². The fourth-order valence-corrected chi connectivity index (χ4v) is 3.94. The second-order valence-corrected chi connectivity index (χ2v) is 6.59. The lowest BCUT2D eigenvalue weighted by molar-refractivity contribution is 0.582. The van der Waals surface area contributed by atoms with Crippen molar-refractivity contribution in [3.8, 4) is 0 Å². The maximum atomic E-state index is 12.3. The van der Waals surface area contributed by atoms with Gasteiger partial charge in [0.25, 0.3) is 0 Å². The van der Waals surface area contributed by atoms with Gasteiger partial charge in [0.1, 0.15) is 0 Å². The zero-order chi connectivity index (χ0) is 13.0. The Labute approximate surface area is 109 Å². The van der Waals surface area contributed by atoms with Crippen molar-refractivity contribution in [2.24, 2.45) is 0 Å². The molecule has 18 heavy (non-hydrogen) atoms. The standard InChI is InChI=1S/C13H20N2O2S/c1-14-9-5-11-18(16,17)15-10-4-7-12-6-2-3-8-13(12)15/h2-3,6,8,14H,4-5,7,9-11H2,1H3. The van der Waals surface area contributed by atoms with E-state index in [4.69, 9.17) is 0 Å².